The van der Waals surface area contributed by atoms with Crippen LogP contribution in [0.5, 0.6) is 0 Å². The highest BCUT2D eigenvalue weighted by Crippen LogP contribution is 2.24. The monoisotopic (exact) mass is 363 g/mol. The fourth-order valence-corrected chi connectivity index (χ4v) is 3.03. The summed E-state index contributed by atoms with van der Waals surface area (Å²) in [6.07, 6.45) is 2.45. The van der Waals surface area contributed by atoms with Crippen LogP contribution in [-0.2, 0) is 6.54 Å². The van der Waals surface area contributed by atoms with Crippen LogP contribution in [0, 0.1) is 5.82 Å². The smallest absolute Gasteiger partial charge is 0.251 e. The van der Waals surface area contributed by atoms with Crippen molar-refractivity contribution in [1.82, 2.24) is 10.3 Å². The molecule has 1 aliphatic rings. The lowest BCUT2D eigenvalue weighted by Gasteiger charge is -2.31. The van der Waals surface area contributed by atoms with Crippen molar-refractivity contribution >= 4 is 23.2 Å². The summed E-state index contributed by atoms with van der Waals surface area (Å²) in [5, 5.41) is 12.5. The molecule has 0 spiro atoms. The summed E-state index contributed by atoms with van der Waals surface area (Å²) in [5.74, 6) is -0.617. The van der Waals surface area contributed by atoms with E-state index in [9.17, 15) is 14.3 Å². The van der Waals surface area contributed by atoms with Crippen molar-refractivity contribution in [3.05, 3.63) is 58.6 Å². The minimum absolute atomic E-state index is 0.217. The molecule has 2 heterocycles. The Morgan fingerprint density at radius 2 is 2.08 bits per heavy atom. The van der Waals surface area contributed by atoms with Gasteiger partial charge in [0.05, 0.1) is 11.8 Å². The van der Waals surface area contributed by atoms with Gasteiger partial charge in [0.15, 0.2) is 0 Å². The minimum atomic E-state index is -0.324. The van der Waals surface area contributed by atoms with E-state index in [0.717, 1.165) is 0 Å². The predicted octanol–water partition coefficient (Wildman–Crippen LogP) is 2.77. The van der Waals surface area contributed by atoms with Gasteiger partial charge in [-0.05, 0) is 42.7 Å². The number of aromatic nitrogens is 1. The molecule has 1 amide bonds. The summed E-state index contributed by atoms with van der Waals surface area (Å²) in [7, 11) is 0. The van der Waals surface area contributed by atoms with E-state index in [-0.39, 0.29) is 29.5 Å². The molecule has 0 bridgehead atoms. The number of piperidine rings is 1. The number of rotatable bonds is 4. The van der Waals surface area contributed by atoms with Crippen molar-refractivity contribution in [1.29, 1.82) is 0 Å². The first-order valence-electron chi connectivity index (χ1n) is 8.14. The van der Waals surface area contributed by atoms with Gasteiger partial charge in [0.2, 0.25) is 0 Å². The van der Waals surface area contributed by atoms with E-state index in [1.807, 2.05) is 4.90 Å². The normalized spacial score (nSPS) is 15.2. The maximum atomic E-state index is 14.4. The molecule has 0 saturated carbocycles. The van der Waals surface area contributed by atoms with Crippen LogP contribution in [-0.4, -0.2) is 35.2 Å². The standard InChI is InChI=1S/C18H19ClFN3O2/c19-17-10-13(3-6-21-17)18(25)22-11-12-1-2-16(15(20)9-12)23-7-4-14(24)5-8-23/h1-3,6,9-10,14,24H,4-5,7-8,11H2,(H,22,25). The van der Waals surface area contributed by atoms with Gasteiger partial charge in [0.1, 0.15) is 11.0 Å². The van der Waals surface area contributed by atoms with E-state index in [0.29, 0.717) is 42.7 Å². The highest BCUT2D eigenvalue weighted by Gasteiger charge is 2.19. The Bertz CT molecular complexity index is 764. The maximum Gasteiger partial charge on any atom is 0.251 e. The number of amides is 1. The van der Waals surface area contributed by atoms with Crippen molar-refractivity contribution in [3.8, 4) is 0 Å². The van der Waals surface area contributed by atoms with E-state index in [2.05, 4.69) is 10.3 Å². The first-order valence-corrected chi connectivity index (χ1v) is 8.52. The summed E-state index contributed by atoms with van der Waals surface area (Å²) >= 11 is 5.77. The Kier molecular flexibility index (Phi) is 5.50. The van der Waals surface area contributed by atoms with E-state index in [1.54, 1.807) is 18.2 Å². The fraction of sp³-hybridized carbons (Fsp3) is 0.333. The van der Waals surface area contributed by atoms with Crippen LogP contribution in [0.2, 0.25) is 5.15 Å². The fourth-order valence-electron chi connectivity index (χ4n) is 2.85. The molecule has 0 aliphatic carbocycles. The van der Waals surface area contributed by atoms with Gasteiger partial charge < -0.3 is 15.3 Å². The summed E-state index contributed by atoms with van der Waals surface area (Å²) in [6, 6.07) is 7.99. The van der Waals surface area contributed by atoms with Gasteiger partial charge in [0, 0.05) is 31.4 Å². The summed E-state index contributed by atoms with van der Waals surface area (Å²) < 4.78 is 14.4. The summed E-state index contributed by atoms with van der Waals surface area (Å²) in [5.41, 5.74) is 1.61. The molecule has 2 N–H and O–H groups in total. The lowest BCUT2D eigenvalue weighted by molar-refractivity contribution is 0.0950. The number of aliphatic hydroxyl groups is 1. The highest BCUT2D eigenvalue weighted by atomic mass is 35.5. The van der Waals surface area contributed by atoms with Gasteiger partial charge in [-0.3, -0.25) is 4.79 Å². The Balaban J connectivity index is 1.62. The van der Waals surface area contributed by atoms with Gasteiger partial charge in [0.25, 0.3) is 5.91 Å². The molecular weight excluding hydrogens is 345 g/mol. The second kappa shape index (κ2) is 7.80. The average molecular weight is 364 g/mol. The molecule has 1 saturated heterocycles. The minimum Gasteiger partial charge on any atom is -0.393 e. The Hall–Kier alpha value is -2.18. The van der Waals surface area contributed by atoms with Crippen LogP contribution in [0.25, 0.3) is 0 Å². The Labute approximate surface area is 150 Å². The number of hydrogen-bond donors (Lipinski definition) is 2. The molecular formula is C18H19ClFN3O2. The molecule has 1 fully saturated rings. The molecule has 132 valence electrons. The van der Waals surface area contributed by atoms with Crippen molar-refractivity contribution < 1.29 is 14.3 Å². The van der Waals surface area contributed by atoms with Crippen LogP contribution in [0.1, 0.15) is 28.8 Å². The number of aliphatic hydroxyl groups excluding tert-OH is 1. The SMILES string of the molecule is O=C(NCc1ccc(N2CCC(O)CC2)c(F)c1)c1ccnc(Cl)c1. The highest BCUT2D eigenvalue weighted by molar-refractivity contribution is 6.29. The first kappa shape index (κ1) is 17.6. The number of carbonyl (C=O) groups is 1. The Morgan fingerprint density at radius 1 is 1.32 bits per heavy atom. The molecule has 3 rings (SSSR count). The molecule has 1 aliphatic heterocycles. The van der Waals surface area contributed by atoms with Crippen molar-refractivity contribution in [2.24, 2.45) is 0 Å². The van der Waals surface area contributed by atoms with E-state index in [4.69, 9.17) is 11.6 Å². The number of anilines is 1. The maximum absolute atomic E-state index is 14.4. The van der Waals surface area contributed by atoms with Gasteiger partial charge in [-0.15, -0.1) is 0 Å². The van der Waals surface area contributed by atoms with Gasteiger partial charge in [-0.2, -0.15) is 0 Å². The molecule has 7 heteroatoms. The van der Waals surface area contributed by atoms with E-state index in [1.165, 1.54) is 18.3 Å². The third-order valence-electron chi connectivity index (χ3n) is 4.26. The second-order valence-corrected chi connectivity index (χ2v) is 6.44. The zero-order valence-electron chi connectivity index (χ0n) is 13.6. The van der Waals surface area contributed by atoms with E-state index < -0.39 is 0 Å². The van der Waals surface area contributed by atoms with Crippen LogP contribution >= 0.6 is 11.6 Å². The van der Waals surface area contributed by atoms with Crippen molar-refractivity contribution in [2.75, 3.05) is 18.0 Å². The van der Waals surface area contributed by atoms with Gasteiger partial charge in [-0.25, -0.2) is 9.37 Å². The van der Waals surface area contributed by atoms with Crippen molar-refractivity contribution in [2.45, 2.75) is 25.5 Å². The number of pyridine rings is 1. The van der Waals surface area contributed by atoms with Crippen LogP contribution < -0.4 is 10.2 Å². The zero-order valence-corrected chi connectivity index (χ0v) is 14.3. The number of carbonyl (C=O) groups excluding carboxylic acids is 1. The van der Waals surface area contributed by atoms with Gasteiger partial charge in [-0.1, -0.05) is 17.7 Å². The first-order chi connectivity index (χ1) is 12.0. The second-order valence-electron chi connectivity index (χ2n) is 6.05. The quantitative estimate of drug-likeness (QED) is 0.820. The van der Waals surface area contributed by atoms with E-state index >= 15 is 0 Å². The predicted molar refractivity (Wildman–Crippen MR) is 94.3 cm³/mol. The number of halogens is 2. The molecule has 0 unspecified atom stereocenters. The molecule has 2 aromatic rings. The molecule has 0 atom stereocenters. The summed E-state index contributed by atoms with van der Waals surface area (Å²) in [4.78, 5) is 17.8. The lowest BCUT2D eigenvalue weighted by atomic mass is 10.1. The lowest BCUT2D eigenvalue weighted by Crippen LogP contribution is -2.36. The van der Waals surface area contributed by atoms with Crippen LogP contribution in [0.15, 0.2) is 36.5 Å². The largest absolute Gasteiger partial charge is 0.393 e. The van der Waals surface area contributed by atoms with Crippen LogP contribution in [0.4, 0.5) is 10.1 Å². The summed E-state index contributed by atoms with van der Waals surface area (Å²) in [6.45, 7) is 1.49. The number of hydrogen-bond acceptors (Lipinski definition) is 4. The third kappa shape index (κ3) is 4.46. The molecule has 5 nitrogen and oxygen atoms in total. The number of nitrogens with one attached hydrogen (secondary N) is 1. The molecule has 25 heavy (non-hydrogen) atoms. The third-order valence-corrected chi connectivity index (χ3v) is 4.47. The topological polar surface area (TPSA) is 65.5 Å². The average Bonchev–Trinajstić information content (AvgIpc) is 2.61. The molecule has 1 aromatic heterocycles. The van der Waals surface area contributed by atoms with Crippen molar-refractivity contribution in [3.63, 3.8) is 0 Å². The molecule has 0 radical (unpaired) electrons. The van der Waals surface area contributed by atoms with Gasteiger partial charge >= 0.3 is 0 Å². The number of nitrogens with zero attached hydrogens (tertiary/aromatic N) is 2. The Morgan fingerprint density at radius 3 is 2.76 bits per heavy atom. The van der Waals surface area contributed by atoms with Crippen LogP contribution in [0.3, 0.4) is 0 Å². The zero-order chi connectivity index (χ0) is 17.8. The number of benzene rings is 1. The molecule has 1 aromatic carbocycles.